The maximum atomic E-state index is 12.8. The minimum absolute atomic E-state index is 0.264. The van der Waals surface area contributed by atoms with Crippen LogP contribution in [-0.4, -0.2) is 71.7 Å². The lowest BCUT2D eigenvalue weighted by Crippen LogP contribution is -2.46. The van der Waals surface area contributed by atoms with Gasteiger partial charge in [0.2, 0.25) is 5.91 Å². The van der Waals surface area contributed by atoms with Gasteiger partial charge in [-0.15, -0.1) is 5.10 Å². The summed E-state index contributed by atoms with van der Waals surface area (Å²) in [5, 5.41) is 8.29. The molecule has 160 valence electrons. The molecular weight excluding hydrogens is 374 g/mol. The molecule has 2 fully saturated rings. The summed E-state index contributed by atoms with van der Waals surface area (Å²) in [7, 11) is 2.06. The molecule has 0 spiro atoms. The van der Waals surface area contributed by atoms with Crippen molar-refractivity contribution >= 4 is 11.7 Å². The first-order valence-electron chi connectivity index (χ1n) is 11.2. The second-order valence-electron chi connectivity index (χ2n) is 8.78. The zero-order valence-corrected chi connectivity index (χ0v) is 18.0. The van der Waals surface area contributed by atoms with Gasteiger partial charge in [-0.25, -0.2) is 0 Å². The van der Waals surface area contributed by atoms with E-state index in [9.17, 15) is 4.79 Å². The Morgan fingerprint density at radius 2 is 1.87 bits per heavy atom. The van der Waals surface area contributed by atoms with Gasteiger partial charge in [0, 0.05) is 38.4 Å². The Kier molecular flexibility index (Phi) is 6.95. The maximum Gasteiger partial charge on any atom is 0.236 e. The number of piperidine rings is 1. The number of rotatable bonds is 7. The van der Waals surface area contributed by atoms with E-state index >= 15 is 0 Å². The van der Waals surface area contributed by atoms with Gasteiger partial charge in [0.1, 0.15) is 0 Å². The van der Waals surface area contributed by atoms with Crippen LogP contribution in [0.2, 0.25) is 0 Å². The molecule has 0 N–H and O–H groups in total. The highest BCUT2D eigenvalue weighted by molar-refractivity contribution is 5.78. The Labute approximate surface area is 179 Å². The fraction of sp³-hybridized carbons (Fsp3) is 0.542. The lowest BCUT2D eigenvalue weighted by atomic mass is 9.90. The Balaban J connectivity index is 1.22. The smallest absolute Gasteiger partial charge is 0.236 e. The van der Waals surface area contributed by atoms with Crippen LogP contribution < -0.4 is 4.90 Å². The summed E-state index contributed by atoms with van der Waals surface area (Å²) < 4.78 is 0. The topological polar surface area (TPSA) is 52.6 Å². The van der Waals surface area contributed by atoms with Gasteiger partial charge in [-0.05, 0) is 62.8 Å². The number of hydrogen-bond acceptors (Lipinski definition) is 5. The van der Waals surface area contributed by atoms with Crippen LogP contribution >= 0.6 is 0 Å². The lowest BCUT2D eigenvalue weighted by molar-refractivity contribution is -0.133. The molecule has 6 heteroatoms. The highest BCUT2D eigenvalue weighted by Gasteiger charge is 2.28. The highest BCUT2D eigenvalue weighted by atomic mass is 16.2. The van der Waals surface area contributed by atoms with E-state index in [1.807, 2.05) is 12.1 Å². The zero-order valence-electron chi connectivity index (χ0n) is 18.0. The van der Waals surface area contributed by atoms with E-state index in [1.54, 1.807) is 6.20 Å². The number of nitrogens with zero attached hydrogens (tertiary/aromatic N) is 5. The van der Waals surface area contributed by atoms with Crippen LogP contribution in [0.4, 0.5) is 5.82 Å². The molecule has 0 bridgehead atoms. The fourth-order valence-electron chi connectivity index (χ4n) is 4.86. The van der Waals surface area contributed by atoms with E-state index in [4.69, 9.17) is 0 Å². The predicted octanol–water partition coefficient (Wildman–Crippen LogP) is 2.86. The van der Waals surface area contributed by atoms with Crippen molar-refractivity contribution in [3.05, 3.63) is 54.2 Å². The molecule has 1 unspecified atom stereocenters. The van der Waals surface area contributed by atoms with E-state index in [0.29, 0.717) is 18.5 Å². The van der Waals surface area contributed by atoms with Crippen molar-refractivity contribution in [2.45, 2.75) is 38.1 Å². The van der Waals surface area contributed by atoms with Crippen LogP contribution in [-0.2, 0) is 11.2 Å². The van der Waals surface area contributed by atoms with Gasteiger partial charge < -0.3 is 9.80 Å². The molecule has 2 saturated heterocycles. The summed E-state index contributed by atoms with van der Waals surface area (Å²) in [6.07, 6.45) is 7.35. The van der Waals surface area contributed by atoms with Crippen molar-refractivity contribution in [1.29, 1.82) is 0 Å². The molecule has 1 aromatic carbocycles. The van der Waals surface area contributed by atoms with Crippen molar-refractivity contribution in [3.8, 4) is 0 Å². The fourth-order valence-corrected chi connectivity index (χ4v) is 4.86. The first-order chi connectivity index (χ1) is 14.7. The average molecular weight is 408 g/mol. The van der Waals surface area contributed by atoms with Crippen molar-refractivity contribution in [3.63, 3.8) is 0 Å². The standard InChI is InChI=1S/C24H33N5O/c1-27(18-22-9-6-14-29(22)23-10-5-13-25-26-23)19-24(30)28-15-11-21(12-16-28)17-20-7-3-2-4-8-20/h2-5,7-8,10,13,21-22H,6,9,11-12,14-19H2,1H3. The van der Waals surface area contributed by atoms with Crippen molar-refractivity contribution < 1.29 is 4.79 Å². The highest BCUT2D eigenvalue weighted by Crippen LogP contribution is 2.24. The molecule has 2 aliphatic heterocycles. The lowest BCUT2D eigenvalue weighted by Gasteiger charge is -2.34. The summed E-state index contributed by atoms with van der Waals surface area (Å²) in [6, 6.07) is 15.1. The van der Waals surface area contributed by atoms with Gasteiger partial charge in [0.25, 0.3) is 0 Å². The molecule has 1 atom stereocenters. The Morgan fingerprint density at radius 3 is 2.60 bits per heavy atom. The van der Waals surface area contributed by atoms with Crippen LogP contribution in [0, 0.1) is 5.92 Å². The third-order valence-corrected chi connectivity index (χ3v) is 6.49. The van der Waals surface area contributed by atoms with Crippen molar-refractivity contribution in [2.24, 2.45) is 5.92 Å². The van der Waals surface area contributed by atoms with E-state index in [-0.39, 0.29) is 5.91 Å². The molecule has 4 rings (SSSR count). The monoisotopic (exact) mass is 407 g/mol. The number of likely N-dealkylation sites (tertiary alicyclic amines) is 1. The summed E-state index contributed by atoms with van der Waals surface area (Å²) in [6.45, 7) is 4.17. The van der Waals surface area contributed by atoms with Gasteiger partial charge in [-0.2, -0.15) is 5.10 Å². The Hall–Kier alpha value is -2.47. The number of likely N-dealkylation sites (N-methyl/N-ethyl adjacent to an activating group) is 1. The molecule has 0 aliphatic carbocycles. The summed E-state index contributed by atoms with van der Waals surface area (Å²) in [4.78, 5) is 19.4. The van der Waals surface area contributed by atoms with Crippen LogP contribution in [0.3, 0.4) is 0 Å². The van der Waals surface area contributed by atoms with Crippen LogP contribution in [0.5, 0.6) is 0 Å². The zero-order chi connectivity index (χ0) is 20.8. The minimum atomic E-state index is 0.264. The van der Waals surface area contributed by atoms with E-state index in [1.165, 1.54) is 5.56 Å². The molecule has 0 radical (unpaired) electrons. The molecule has 6 nitrogen and oxygen atoms in total. The van der Waals surface area contributed by atoms with E-state index < -0.39 is 0 Å². The second kappa shape index (κ2) is 10.0. The van der Waals surface area contributed by atoms with Gasteiger partial charge in [-0.1, -0.05) is 30.3 Å². The molecule has 2 aliphatic rings. The number of benzene rings is 1. The number of anilines is 1. The molecule has 3 heterocycles. The minimum Gasteiger partial charge on any atom is -0.351 e. The first kappa shape index (κ1) is 20.8. The van der Waals surface area contributed by atoms with Crippen LogP contribution in [0.1, 0.15) is 31.2 Å². The molecule has 1 aromatic heterocycles. The van der Waals surface area contributed by atoms with Gasteiger partial charge in [0.05, 0.1) is 6.54 Å². The van der Waals surface area contributed by atoms with Crippen molar-refractivity contribution in [1.82, 2.24) is 20.0 Å². The van der Waals surface area contributed by atoms with Gasteiger partial charge in [-0.3, -0.25) is 9.69 Å². The maximum absolute atomic E-state index is 12.8. The Bertz CT molecular complexity index is 792. The number of amides is 1. The quantitative estimate of drug-likeness (QED) is 0.706. The summed E-state index contributed by atoms with van der Waals surface area (Å²) >= 11 is 0. The predicted molar refractivity (Wildman–Crippen MR) is 119 cm³/mol. The SMILES string of the molecule is CN(CC(=O)N1CCC(Cc2ccccc2)CC1)CC1CCCN1c1cccnn1. The van der Waals surface area contributed by atoms with Crippen LogP contribution in [0.15, 0.2) is 48.7 Å². The molecule has 30 heavy (non-hydrogen) atoms. The van der Waals surface area contributed by atoms with Crippen LogP contribution in [0.25, 0.3) is 0 Å². The molecular formula is C24H33N5O. The summed E-state index contributed by atoms with van der Waals surface area (Å²) in [5.41, 5.74) is 1.41. The van der Waals surface area contributed by atoms with Gasteiger partial charge in [0.15, 0.2) is 5.82 Å². The Morgan fingerprint density at radius 1 is 1.07 bits per heavy atom. The van der Waals surface area contributed by atoms with Gasteiger partial charge >= 0.3 is 0 Å². The second-order valence-corrected chi connectivity index (χ2v) is 8.78. The van der Waals surface area contributed by atoms with E-state index in [0.717, 1.165) is 64.1 Å². The largest absolute Gasteiger partial charge is 0.351 e. The van der Waals surface area contributed by atoms with E-state index in [2.05, 4.69) is 62.3 Å². The number of hydrogen-bond donors (Lipinski definition) is 0. The number of aromatic nitrogens is 2. The first-order valence-corrected chi connectivity index (χ1v) is 11.2. The normalized spacial score (nSPS) is 20.1. The number of carbonyl (C=O) groups is 1. The third kappa shape index (κ3) is 5.36. The molecule has 1 amide bonds. The average Bonchev–Trinajstić information content (AvgIpc) is 3.23. The van der Waals surface area contributed by atoms with Crippen molar-refractivity contribution in [2.75, 3.05) is 44.7 Å². The molecule has 0 saturated carbocycles. The third-order valence-electron chi connectivity index (χ3n) is 6.49. The molecule has 2 aromatic rings. The number of carbonyl (C=O) groups excluding carboxylic acids is 1. The summed E-state index contributed by atoms with van der Waals surface area (Å²) in [5.74, 6) is 1.90.